The van der Waals surface area contributed by atoms with Gasteiger partial charge in [0.25, 0.3) is 0 Å². The third-order valence-electron chi connectivity index (χ3n) is 1.64. The third-order valence-corrected chi connectivity index (χ3v) is 1.64. The summed E-state index contributed by atoms with van der Waals surface area (Å²) in [7, 11) is 0. The van der Waals surface area contributed by atoms with Crippen LogP contribution in [-0.4, -0.2) is 28.6 Å². The Labute approximate surface area is 97.5 Å². The summed E-state index contributed by atoms with van der Waals surface area (Å²) in [5, 5.41) is 10.6. The molecule has 1 aromatic heterocycles. The summed E-state index contributed by atoms with van der Waals surface area (Å²) in [6, 6.07) is 2.85. The predicted molar refractivity (Wildman–Crippen MR) is 57.6 cm³/mol. The van der Waals surface area contributed by atoms with Crippen LogP contribution in [0.3, 0.4) is 0 Å². The minimum Gasteiger partial charge on any atom is -0.474 e. The first-order valence-corrected chi connectivity index (χ1v) is 4.92. The van der Waals surface area contributed by atoms with Gasteiger partial charge in [0.05, 0.1) is 6.10 Å². The number of esters is 1. The van der Waals surface area contributed by atoms with Gasteiger partial charge in [-0.1, -0.05) is 0 Å². The van der Waals surface area contributed by atoms with Crippen LogP contribution in [0.25, 0.3) is 0 Å². The average Bonchev–Trinajstić information content (AvgIpc) is 2.25. The summed E-state index contributed by atoms with van der Waals surface area (Å²) < 4.78 is 9.80. The standard InChI is InChI=1S/C10H12N2O5/c1-7(2)17-9(13)6-16-8-4-3-5-11-10(8)12(14)15/h3-5,7H,6H2,1-2H3. The van der Waals surface area contributed by atoms with E-state index in [9.17, 15) is 14.9 Å². The third kappa shape index (κ3) is 4.06. The lowest BCUT2D eigenvalue weighted by Crippen LogP contribution is -2.19. The van der Waals surface area contributed by atoms with Crippen LogP contribution in [0.15, 0.2) is 18.3 Å². The zero-order valence-corrected chi connectivity index (χ0v) is 9.45. The van der Waals surface area contributed by atoms with Crippen molar-refractivity contribution in [1.82, 2.24) is 4.98 Å². The number of nitro groups is 1. The van der Waals surface area contributed by atoms with Gasteiger partial charge in [0.1, 0.15) is 6.20 Å². The summed E-state index contributed by atoms with van der Waals surface area (Å²) in [5.74, 6) is -1.07. The highest BCUT2D eigenvalue weighted by molar-refractivity contribution is 5.71. The van der Waals surface area contributed by atoms with Crippen LogP contribution < -0.4 is 4.74 Å². The molecule has 0 N–H and O–H groups in total. The molecule has 0 radical (unpaired) electrons. The van der Waals surface area contributed by atoms with E-state index in [4.69, 9.17) is 9.47 Å². The van der Waals surface area contributed by atoms with Crippen molar-refractivity contribution in [2.75, 3.05) is 6.61 Å². The van der Waals surface area contributed by atoms with E-state index in [-0.39, 0.29) is 18.5 Å². The Morgan fingerprint density at radius 3 is 2.88 bits per heavy atom. The van der Waals surface area contributed by atoms with Gasteiger partial charge in [-0.25, -0.2) is 4.79 Å². The molecule has 0 aliphatic heterocycles. The van der Waals surface area contributed by atoms with Gasteiger partial charge in [0, 0.05) is 0 Å². The Kier molecular flexibility index (Phi) is 4.38. The van der Waals surface area contributed by atoms with Crippen LogP contribution >= 0.6 is 0 Å². The maximum Gasteiger partial charge on any atom is 0.406 e. The van der Waals surface area contributed by atoms with E-state index in [1.165, 1.54) is 18.3 Å². The molecule has 0 fully saturated rings. The zero-order chi connectivity index (χ0) is 12.8. The van der Waals surface area contributed by atoms with E-state index in [2.05, 4.69) is 4.98 Å². The molecule has 17 heavy (non-hydrogen) atoms. The fourth-order valence-electron chi connectivity index (χ4n) is 1.07. The molecule has 0 aromatic carbocycles. The van der Waals surface area contributed by atoms with E-state index >= 15 is 0 Å². The van der Waals surface area contributed by atoms with Crippen molar-refractivity contribution in [1.29, 1.82) is 0 Å². The molecule has 0 spiro atoms. The Morgan fingerprint density at radius 2 is 2.29 bits per heavy atom. The van der Waals surface area contributed by atoms with E-state index in [0.29, 0.717) is 0 Å². The van der Waals surface area contributed by atoms with Gasteiger partial charge in [0.15, 0.2) is 6.61 Å². The van der Waals surface area contributed by atoms with Gasteiger partial charge in [0.2, 0.25) is 5.75 Å². The number of rotatable bonds is 5. The van der Waals surface area contributed by atoms with Crippen LogP contribution in [0.1, 0.15) is 13.8 Å². The molecule has 0 unspecified atom stereocenters. The molecule has 0 saturated heterocycles. The molecule has 92 valence electrons. The fourth-order valence-corrected chi connectivity index (χ4v) is 1.07. The summed E-state index contributed by atoms with van der Waals surface area (Å²) in [4.78, 5) is 24.6. The fraction of sp³-hybridized carbons (Fsp3) is 0.400. The molecule has 0 aliphatic carbocycles. The number of hydrogen-bond acceptors (Lipinski definition) is 6. The van der Waals surface area contributed by atoms with E-state index in [0.717, 1.165) is 0 Å². The molecule has 7 heteroatoms. The topological polar surface area (TPSA) is 91.6 Å². The molecule has 0 aliphatic rings. The van der Waals surface area contributed by atoms with Gasteiger partial charge in [-0.3, -0.25) is 0 Å². The Morgan fingerprint density at radius 1 is 1.59 bits per heavy atom. The first-order chi connectivity index (χ1) is 8.00. The molecule has 0 amide bonds. The lowest BCUT2D eigenvalue weighted by molar-refractivity contribution is -0.390. The number of aromatic nitrogens is 1. The van der Waals surface area contributed by atoms with E-state index in [1.807, 2.05) is 0 Å². The van der Waals surface area contributed by atoms with Crippen molar-refractivity contribution in [2.45, 2.75) is 20.0 Å². The summed E-state index contributed by atoms with van der Waals surface area (Å²) in [6.07, 6.45) is 1.02. The van der Waals surface area contributed by atoms with Crippen molar-refractivity contribution in [3.8, 4) is 5.75 Å². The van der Waals surface area contributed by atoms with Gasteiger partial charge in [-0.15, -0.1) is 0 Å². The Hall–Kier alpha value is -2.18. The smallest absolute Gasteiger partial charge is 0.406 e. The second-order valence-corrected chi connectivity index (χ2v) is 3.41. The Balaban J connectivity index is 2.63. The number of nitrogens with zero attached hydrogens (tertiary/aromatic N) is 2. The van der Waals surface area contributed by atoms with Crippen LogP contribution in [0, 0.1) is 10.1 Å². The van der Waals surface area contributed by atoms with E-state index in [1.54, 1.807) is 13.8 Å². The maximum atomic E-state index is 11.2. The lowest BCUT2D eigenvalue weighted by Gasteiger charge is -2.08. The van der Waals surface area contributed by atoms with Crippen molar-refractivity contribution in [2.24, 2.45) is 0 Å². The van der Waals surface area contributed by atoms with Gasteiger partial charge in [-0.05, 0) is 35.9 Å². The van der Waals surface area contributed by atoms with Crippen molar-refractivity contribution < 1.29 is 19.2 Å². The highest BCUT2D eigenvalue weighted by Crippen LogP contribution is 2.22. The monoisotopic (exact) mass is 240 g/mol. The number of carbonyl (C=O) groups is 1. The first kappa shape index (κ1) is 12.9. The largest absolute Gasteiger partial charge is 0.474 e. The minimum atomic E-state index is -0.677. The summed E-state index contributed by atoms with van der Waals surface area (Å²) in [6.45, 7) is 3.01. The SMILES string of the molecule is CC(C)OC(=O)COc1cccnc1[N+](=O)[O-]. The summed E-state index contributed by atoms with van der Waals surface area (Å²) in [5.41, 5.74) is 0. The second-order valence-electron chi connectivity index (χ2n) is 3.41. The Bertz CT molecular complexity index is 419. The second kappa shape index (κ2) is 5.78. The highest BCUT2D eigenvalue weighted by atomic mass is 16.6. The quantitative estimate of drug-likeness (QED) is 0.438. The first-order valence-electron chi connectivity index (χ1n) is 4.92. The van der Waals surface area contributed by atoms with Crippen LogP contribution in [0.5, 0.6) is 5.75 Å². The zero-order valence-electron chi connectivity index (χ0n) is 9.45. The van der Waals surface area contributed by atoms with E-state index < -0.39 is 16.7 Å². The lowest BCUT2D eigenvalue weighted by atomic mass is 10.4. The van der Waals surface area contributed by atoms with Crippen molar-refractivity contribution in [3.05, 3.63) is 28.4 Å². The molecule has 1 rings (SSSR count). The van der Waals surface area contributed by atoms with Gasteiger partial charge in [-0.2, -0.15) is 0 Å². The van der Waals surface area contributed by atoms with Crippen LogP contribution in [-0.2, 0) is 9.53 Å². The van der Waals surface area contributed by atoms with Crippen molar-refractivity contribution >= 4 is 11.8 Å². The van der Waals surface area contributed by atoms with Gasteiger partial charge < -0.3 is 19.6 Å². The molecule has 1 aromatic rings. The van der Waals surface area contributed by atoms with Crippen molar-refractivity contribution in [3.63, 3.8) is 0 Å². The molecule has 1 heterocycles. The molecule has 0 atom stereocenters. The molecule has 7 nitrogen and oxygen atoms in total. The molecule has 0 bridgehead atoms. The molecular formula is C10H12N2O5. The summed E-state index contributed by atoms with van der Waals surface area (Å²) >= 11 is 0. The van der Waals surface area contributed by atoms with Crippen LogP contribution in [0.2, 0.25) is 0 Å². The maximum absolute atomic E-state index is 11.2. The van der Waals surface area contributed by atoms with Crippen LogP contribution in [0.4, 0.5) is 5.82 Å². The number of hydrogen-bond donors (Lipinski definition) is 0. The minimum absolute atomic E-state index is 0.0572. The normalized spacial score (nSPS) is 10.1. The number of ether oxygens (including phenoxy) is 2. The van der Waals surface area contributed by atoms with Gasteiger partial charge >= 0.3 is 11.8 Å². The number of pyridine rings is 1. The predicted octanol–water partition coefficient (Wildman–Crippen LogP) is 1.32. The molecule has 0 saturated carbocycles. The highest BCUT2D eigenvalue weighted by Gasteiger charge is 2.17. The average molecular weight is 240 g/mol. The number of carbonyl (C=O) groups excluding carboxylic acids is 1. The molecular weight excluding hydrogens is 228 g/mol.